The first-order chi connectivity index (χ1) is 16.8. The summed E-state index contributed by atoms with van der Waals surface area (Å²) in [7, 11) is 4.04. The molecule has 0 fully saturated rings. The minimum atomic E-state index is -0.403. The van der Waals surface area contributed by atoms with Crippen LogP contribution in [0.15, 0.2) is 66.7 Å². The van der Waals surface area contributed by atoms with Crippen molar-refractivity contribution >= 4 is 34.5 Å². The Kier molecular flexibility index (Phi) is 7.27. The summed E-state index contributed by atoms with van der Waals surface area (Å²) in [6, 6.07) is 20.3. The van der Waals surface area contributed by atoms with Gasteiger partial charge in [-0.15, -0.1) is 0 Å². The highest BCUT2D eigenvalue weighted by Crippen LogP contribution is 2.38. The van der Waals surface area contributed by atoms with Crippen molar-refractivity contribution in [2.75, 3.05) is 31.3 Å². The number of anilines is 2. The van der Waals surface area contributed by atoms with Gasteiger partial charge in [0, 0.05) is 31.3 Å². The van der Waals surface area contributed by atoms with E-state index < -0.39 is 5.82 Å². The van der Waals surface area contributed by atoms with Crippen LogP contribution in [0.2, 0.25) is 0 Å². The topological polar surface area (TPSA) is 73.5 Å². The number of nitrogens with one attached hydrogen (secondary N) is 3. The van der Waals surface area contributed by atoms with E-state index in [4.69, 9.17) is 0 Å². The lowest BCUT2D eigenvalue weighted by molar-refractivity contribution is -0.119. The summed E-state index contributed by atoms with van der Waals surface area (Å²) in [6.07, 6.45) is 0.703. The highest BCUT2D eigenvalue weighted by molar-refractivity contribution is 6.37. The molecule has 1 aliphatic heterocycles. The van der Waals surface area contributed by atoms with E-state index >= 15 is 0 Å². The van der Waals surface area contributed by atoms with Crippen molar-refractivity contribution in [3.05, 3.63) is 94.8 Å². The van der Waals surface area contributed by atoms with Crippen molar-refractivity contribution in [3.63, 3.8) is 0 Å². The molecule has 4 rings (SSSR count). The smallest absolute Gasteiger partial charge is 0.258 e. The molecule has 3 aromatic rings. The average molecular weight is 473 g/mol. The highest BCUT2D eigenvalue weighted by Gasteiger charge is 2.28. The van der Waals surface area contributed by atoms with Crippen LogP contribution in [-0.4, -0.2) is 37.4 Å². The third-order valence-electron chi connectivity index (χ3n) is 5.73. The van der Waals surface area contributed by atoms with E-state index in [0.717, 1.165) is 23.4 Å². The van der Waals surface area contributed by atoms with Crippen LogP contribution < -0.4 is 16.0 Å². The molecule has 3 aromatic carbocycles. The van der Waals surface area contributed by atoms with Crippen LogP contribution in [0.3, 0.4) is 0 Å². The summed E-state index contributed by atoms with van der Waals surface area (Å²) >= 11 is 0. The molecular formula is C28H29FN4O2. The molecule has 1 heterocycles. The van der Waals surface area contributed by atoms with Crippen LogP contribution >= 0.6 is 0 Å². The maximum Gasteiger partial charge on any atom is 0.258 e. The monoisotopic (exact) mass is 472 g/mol. The number of carbonyl (C=O) groups is 2. The van der Waals surface area contributed by atoms with Crippen LogP contribution in [0.5, 0.6) is 0 Å². The van der Waals surface area contributed by atoms with Crippen LogP contribution in [0.1, 0.15) is 29.2 Å². The fourth-order valence-corrected chi connectivity index (χ4v) is 4.10. The first-order valence-electron chi connectivity index (χ1n) is 11.5. The van der Waals surface area contributed by atoms with Gasteiger partial charge in [0.1, 0.15) is 5.82 Å². The Morgan fingerprint density at radius 1 is 0.971 bits per heavy atom. The summed E-state index contributed by atoms with van der Waals surface area (Å²) in [4.78, 5) is 26.3. The fraction of sp³-hybridized carbons (Fsp3) is 0.214. The first-order valence-corrected chi connectivity index (χ1v) is 11.5. The van der Waals surface area contributed by atoms with Gasteiger partial charge in [-0.05, 0) is 67.5 Å². The zero-order valence-electron chi connectivity index (χ0n) is 20.1. The Labute approximate surface area is 204 Å². The zero-order valence-corrected chi connectivity index (χ0v) is 20.1. The fourth-order valence-electron chi connectivity index (χ4n) is 4.10. The van der Waals surface area contributed by atoms with Gasteiger partial charge in [0.05, 0.1) is 17.0 Å². The van der Waals surface area contributed by atoms with E-state index in [0.29, 0.717) is 35.5 Å². The molecule has 180 valence electrons. The van der Waals surface area contributed by atoms with E-state index in [1.807, 2.05) is 62.6 Å². The number of hydrogen-bond donors (Lipinski definition) is 3. The van der Waals surface area contributed by atoms with E-state index in [9.17, 15) is 14.0 Å². The van der Waals surface area contributed by atoms with Crippen molar-refractivity contribution in [2.45, 2.75) is 19.9 Å². The van der Waals surface area contributed by atoms with Crippen LogP contribution in [-0.2, 0) is 22.6 Å². The summed E-state index contributed by atoms with van der Waals surface area (Å²) in [6.45, 7) is 2.88. The number of benzene rings is 3. The molecule has 0 unspecified atom stereocenters. The van der Waals surface area contributed by atoms with Gasteiger partial charge >= 0.3 is 0 Å². The average Bonchev–Trinajstić information content (AvgIpc) is 3.13. The van der Waals surface area contributed by atoms with Gasteiger partial charge in [0.2, 0.25) is 5.91 Å². The Bertz CT molecular complexity index is 1270. The molecule has 1 aliphatic rings. The quantitative estimate of drug-likeness (QED) is 0.422. The predicted molar refractivity (Wildman–Crippen MR) is 138 cm³/mol. The lowest BCUT2D eigenvalue weighted by atomic mass is 9.98. The third kappa shape index (κ3) is 5.94. The van der Waals surface area contributed by atoms with Gasteiger partial charge in [0.25, 0.3) is 5.91 Å². The minimum Gasteiger partial charge on any atom is -0.356 e. The van der Waals surface area contributed by atoms with E-state index in [-0.39, 0.29) is 11.8 Å². The Morgan fingerprint density at radius 2 is 1.66 bits per heavy atom. The highest BCUT2D eigenvalue weighted by atomic mass is 19.1. The van der Waals surface area contributed by atoms with Gasteiger partial charge in [-0.2, -0.15) is 0 Å². The largest absolute Gasteiger partial charge is 0.356 e. The molecule has 6 nitrogen and oxygen atoms in total. The van der Waals surface area contributed by atoms with E-state index in [1.54, 1.807) is 6.07 Å². The Hall–Kier alpha value is -3.97. The number of fused-ring (bicyclic) bond motifs is 1. The van der Waals surface area contributed by atoms with E-state index in [1.165, 1.54) is 24.6 Å². The van der Waals surface area contributed by atoms with Crippen molar-refractivity contribution in [2.24, 2.45) is 0 Å². The summed E-state index contributed by atoms with van der Waals surface area (Å²) in [5.41, 5.74) is 6.12. The molecule has 3 N–H and O–H groups in total. The molecule has 0 aromatic heterocycles. The SMILES string of the molecule is CC(=O)NCCc1ccc(/C(Nc2ccc(CN(C)C)cc2)=C2/C(=O)Nc3cc(F)ccc32)cc1. The standard InChI is InChI=1S/C28H29FN4O2/c1-18(34)30-15-14-19-4-8-21(9-5-19)27(31-23-11-6-20(7-12-23)17-33(2)3)26-24-13-10-22(29)16-25(24)32-28(26)35/h4-13,16,31H,14-15,17H2,1-3H3,(H,30,34)(H,32,35)/b27-26-. The van der Waals surface area contributed by atoms with Crippen molar-refractivity contribution in [1.29, 1.82) is 0 Å². The van der Waals surface area contributed by atoms with Gasteiger partial charge in [-0.3, -0.25) is 9.59 Å². The molecule has 0 saturated heterocycles. The van der Waals surface area contributed by atoms with Crippen LogP contribution in [0.4, 0.5) is 15.8 Å². The first kappa shape index (κ1) is 24.2. The Balaban J connectivity index is 1.70. The van der Waals surface area contributed by atoms with Crippen LogP contribution in [0.25, 0.3) is 11.3 Å². The maximum atomic E-state index is 13.8. The lowest BCUT2D eigenvalue weighted by Crippen LogP contribution is -2.22. The second-order valence-corrected chi connectivity index (χ2v) is 8.88. The number of nitrogens with zero attached hydrogens (tertiary/aromatic N) is 1. The molecular weight excluding hydrogens is 443 g/mol. The van der Waals surface area contributed by atoms with Crippen molar-refractivity contribution in [1.82, 2.24) is 10.2 Å². The number of halogens is 1. The van der Waals surface area contributed by atoms with Crippen LogP contribution in [0, 0.1) is 5.82 Å². The number of rotatable bonds is 8. The molecule has 0 aliphatic carbocycles. The maximum absolute atomic E-state index is 13.8. The van der Waals surface area contributed by atoms with Gasteiger partial charge < -0.3 is 20.9 Å². The summed E-state index contributed by atoms with van der Waals surface area (Å²) < 4.78 is 13.8. The normalized spacial score (nSPS) is 13.9. The Morgan fingerprint density at radius 3 is 2.31 bits per heavy atom. The van der Waals surface area contributed by atoms with E-state index in [2.05, 4.69) is 20.9 Å². The van der Waals surface area contributed by atoms with Crippen molar-refractivity contribution < 1.29 is 14.0 Å². The molecule has 0 saturated carbocycles. The molecule has 0 spiro atoms. The molecule has 2 amide bonds. The summed E-state index contributed by atoms with van der Waals surface area (Å²) in [5.74, 6) is -0.747. The molecule has 0 bridgehead atoms. The number of hydrogen-bond acceptors (Lipinski definition) is 4. The second-order valence-electron chi connectivity index (χ2n) is 8.88. The second kappa shape index (κ2) is 10.5. The third-order valence-corrected chi connectivity index (χ3v) is 5.73. The van der Waals surface area contributed by atoms with Gasteiger partial charge in [-0.1, -0.05) is 36.4 Å². The zero-order chi connectivity index (χ0) is 24.9. The molecule has 0 radical (unpaired) electrons. The number of carbonyl (C=O) groups excluding carboxylic acids is 2. The molecule has 35 heavy (non-hydrogen) atoms. The van der Waals surface area contributed by atoms with Gasteiger partial charge in [0.15, 0.2) is 0 Å². The minimum absolute atomic E-state index is 0.0585. The molecule has 7 heteroatoms. The van der Waals surface area contributed by atoms with Crippen molar-refractivity contribution in [3.8, 4) is 0 Å². The number of amides is 2. The van der Waals surface area contributed by atoms with Gasteiger partial charge in [-0.25, -0.2) is 4.39 Å². The molecule has 0 atom stereocenters. The summed E-state index contributed by atoms with van der Waals surface area (Å²) in [5, 5.41) is 9.02. The predicted octanol–water partition coefficient (Wildman–Crippen LogP) is 4.50. The lowest BCUT2D eigenvalue weighted by Gasteiger charge is -2.16.